The van der Waals surface area contributed by atoms with E-state index in [1.54, 1.807) is 0 Å². The van der Waals surface area contributed by atoms with Crippen molar-refractivity contribution < 1.29 is 18.3 Å². The summed E-state index contributed by atoms with van der Waals surface area (Å²) in [5.74, 6) is -1.47. The average molecular weight is 247 g/mol. The molecule has 5 nitrogen and oxygen atoms in total. The summed E-state index contributed by atoms with van der Waals surface area (Å²) in [6, 6.07) is 0.458. The minimum Gasteiger partial charge on any atom is -0.481 e. The van der Waals surface area contributed by atoms with Crippen molar-refractivity contribution in [1.82, 2.24) is 5.32 Å². The molecule has 16 heavy (non-hydrogen) atoms. The molecule has 0 aromatic heterocycles. The van der Waals surface area contributed by atoms with E-state index >= 15 is 0 Å². The minimum absolute atomic E-state index is 0.0380. The number of rotatable bonds is 5. The third kappa shape index (κ3) is 2.95. The number of nitrogens with one attached hydrogen (secondary N) is 1. The molecule has 0 spiro atoms. The van der Waals surface area contributed by atoms with Gasteiger partial charge in [-0.2, -0.15) is 0 Å². The van der Waals surface area contributed by atoms with E-state index in [9.17, 15) is 13.2 Å². The Morgan fingerprint density at radius 1 is 1.38 bits per heavy atom. The third-order valence-electron chi connectivity index (χ3n) is 3.36. The number of sulfone groups is 1. The quantitative estimate of drug-likeness (QED) is 0.707. The van der Waals surface area contributed by atoms with E-state index < -0.39 is 21.7 Å². The first-order valence-corrected chi connectivity index (χ1v) is 7.47. The maximum atomic E-state index is 11.3. The Labute approximate surface area is 95.1 Å². The average Bonchev–Trinajstić information content (AvgIpc) is 2.91. The predicted octanol–water partition coefficient (Wildman–Crippen LogP) is -0.126. The molecule has 92 valence electrons. The molecule has 1 saturated heterocycles. The molecule has 0 amide bonds. The van der Waals surface area contributed by atoms with Crippen LogP contribution in [0.2, 0.25) is 0 Å². The van der Waals surface area contributed by atoms with Gasteiger partial charge in [0, 0.05) is 12.6 Å². The Bertz CT molecular complexity index is 374. The van der Waals surface area contributed by atoms with Crippen LogP contribution in [0.3, 0.4) is 0 Å². The van der Waals surface area contributed by atoms with Gasteiger partial charge in [-0.15, -0.1) is 0 Å². The second kappa shape index (κ2) is 4.33. The van der Waals surface area contributed by atoms with E-state index in [4.69, 9.17) is 5.11 Å². The first-order valence-electron chi connectivity index (χ1n) is 5.64. The molecular weight excluding hydrogens is 230 g/mol. The van der Waals surface area contributed by atoms with Crippen molar-refractivity contribution in [2.45, 2.75) is 25.3 Å². The van der Waals surface area contributed by atoms with Gasteiger partial charge in [-0.1, -0.05) is 0 Å². The predicted molar refractivity (Wildman–Crippen MR) is 58.9 cm³/mol. The van der Waals surface area contributed by atoms with Gasteiger partial charge in [0.25, 0.3) is 0 Å². The van der Waals surface area contributed by atoms with Crippen molar-refractivity contribution >= 4 is 15.8 Å². The number of carboxylic acids is 1. The topological polar surface area (TPSA) is 83.5 Å². The highest BCUT2D eigenvalue weighted by Gasteiger charge is 2.37. The molecule has 6 heteroatoms. The molecule has 0 radical (unpaired) electrons. The van der Waals surface area contributed by atoms with Gasteiger partial charge in [0.2, 0.25) is 0 Å². The summed E-state index contributed by atoms with van der Waals surface area (Å²) in [6.45, 7) is 0.403. The first-order chi connectivity index (χ1) is 7.48. The van der Waals surface area contributed by atoms with Crippen LogP contribution in [0.4, 0.5) is 0 Å². The fourth-order valence-corrected chi connectivity index (χ4v) is 4.06. The summed E-state index contributed by atoms with van der Waals surface area (Å²) >= 11 is 0. The van der Waals surface area contributed by atoms with Gasteiger partial charge in [-0.3, -0.25) is 4.79 Å². The zero-order valence-electron chi connectivity index (χ0n) is 9.05. The van der Waals surface area contributed by atoms with Crippen LogP contribution in [0.15, 0.2) is 0 Å². The summed E-state index contributed by atoms with van der Waals surface area (Å²) in [7, 11) is -2.99. The molecule has 2 N–H and O–H groups in total. The fourth-order valence-electron chi connectivity index (χ4n) is 2.18. The molecule has 0 bridgehead atoms. The van der Waals surface area contributed by atoms with Gasteiger partial charge in [0.1, 0.15) is 0 Å². The fraction of sp³-hybridized carbons (Fsp3) is 0.900. The Morgan fingerprint density at radius 3 is 2.50 bits per heavy atom. The summed E-state index contributed by atoms with van der Waals surface area (Å²) in [6.07, 6.45) is 2.70. The number of carboxylic acid groups (broad SMARTS) is 1. The van der Waals surface area contributed by atoms with Crippen LogP contribution in [0.5, 0.6) is 0 Å². The highest BCUT2D eigenvalue weighted by Crippen LogP contribution is 2.27. The van der Waals surface area contributed by atoms with E-state index in [1.807, 2.05) is 0 Å². The van der Waals surface area contributed by atoms with Crippen molar-refractivity contribution in [3.63, 3.8) is 0 Å². The molecule has 0 aromatic rings. The van der Waals surface area contributed by atoms with Gasteiger partial charge >= 0.3 is 5.97 Å². The molecule has 1 aliphatic heterocycles. The van der Waals surface area contributed by atoms with Gasteiger partial charge in [0.05, 0.1) is 17.4 Å². The second-order valence-electron chi connectivity index (χ2n) is 4.79. The van der Waals surface area contributed by atoms with Crippen LogP contribution in [-0.4, -0.2) is 43.6 Å². The third-order valence-corrected chi connectivity index (χ3v) is 5.15. The van der Waals surface area contributed by atoms with Crippen molar-refractivity contribution in [3.05, 3.63) is 0 Å². The van der Waals surface area contributed by atoms with E-state index in [1.165, 1.54) is 0 Å². The molecule has 1 aliphatic carbocycles. The summed E-state index contributed by atoms with van der Waals surface area (Å²) in [5.41, 5.74) is 0. The van der Waals surface area contributed by atoms with Gasteiger partial charge < -0.3 is 10.4 Å². The number of hydrogen-bond donors (Lipinski definition) is 2. The molecule has 1 heterocycles. The van der Waals surface area contributed by atoms with Crippen LogP contribution in [0.25, 0.3) is 0 Å². The Kier molecular flexibility index (Phi) is 3.21. The Hall–Kier alpha value is -0.620. The monoisotopic (exact) mass is 247 g/mol. The normalized spacial score (nSPS) is 30.1. The Balaban J connectivity index is 1.93. The lowest BCUT2D eigenvalue weighted by Gasteiger charge is -2.18. The second-order valence-corrected chi connectivity index (χ2v) is 7.02. The van der Waals surface area contributed by atoms with E-state index in [0.717, 1.165) is 12.8 Å². The van der Waals surface area contributed by atoms with Crippen LogP contribution in [-0.2, 0) is 14.6 Å². The van der Waals surface area contributed by atoms with Crippen molar-refractivity contribution in [2.75, 3.05) is 18.1 Å². The van der Waals surface area contributed by atoms with E-state index in [-0.39, 0.29) is 17.4 Å². The molecule has 2 unspecified atom stereocenters. The van der Waals surface area contributed by atoms with Gasteiger partial charge in [-0.25, -0.2) is 8.42 Å². The smallest absolute Gasteiger partial charge is 0.308 e. The summed E-state index contributed by atoms with van der Waals surface area (Å²) < 4.78 is 22.6. The lowest BCUT2D eigenvalue weighted by Crippen LogP contribution is -2.35. The minimum atomic E-state index is -2.99. The van der Waals surface area contributed by atoms with Crippen LogP contribution < -0.4 is 5.32 Å². The molecule has 2 fully saturated rings. The molecule has 1 saturated carbocycles. The van der Waals surface area contributed by atoms with E-state index in [0.29, 0.717) is 19.0 Å². The molecule has 0 aromatic carbocycles. The highest BCUT2D eigenvalue weighted by atomic mass is 32.2. The maximum Gasteiger partial charge on any atom is 0.308 e. The van der Waals surface area contributed by atoms with Crippen LogP contribution >= 0.6 is 0 Å². The number of aliphatic carboxylic acids is 1. The summed E-state index contributed by atoms with van der Waals surface area (Å²) in [5, 5.41) is 12.3. The number of carbonyl (C=O) groups is 1. The molecule has 2 atom stereocenters. The molecule has 2 rings (SSSR count). The SMILES string of the molecule is O=C(O)C(CNC1CC1)C1CCS(=O)(=O)C1. The molecule has 2 aliphatic rings. The highest BCUT2D eigenvalue weighted by molar-refractivity contribution is 7.91. The maximum absolute atomic E-state index is 11.3. The van der Waals surface area contributed by atoms with E-state index in [2.05, 4.69) is 5.32 Å². The molecular formula is C10H17NO4S. The Morgan fingerprint density at radius 2 is 2.06 bits per heavy atom. The van der Waals surface area contributed by atoms with Gasteiger partial charge in [-0.05, 0) is 25.2 Å². The zero-order valence-corrected chi connectivity index (χ0v) is 9.87. The van der Waals surface area contributed by atoms with Gasteiger partial charge in [0.15, 0.2) is 9.84 Å². The van der Waals surface area contributed by atoms with Crippen LogP contribution in [0.1, 0.15) is 19.3 Å². The zero-order chi connectivity index (χ0) is 11.8. The van der Waals surface area contributed by atoms with Crippen molar-refractivity contribution in [1.29, 1.82) is 0 Å². The lowest BCUT2D eigenvalue weighted by molar-refractivity contribution is -0.143. The largest absolute Gasteiger partial charge is 0.481 e. The first kappa shape index (κ1) is 11.9. The van der Waals surface area contributed by atoms with Crippen LogP contribution in [0, 0.1) is 11.8 Å². The van der Waals surface area contributed by atoms with Crippen molar-refractivity contribution in [2.24, 2.45) is 11.8 Å². The lowest BCUT2D eigenvalue weighted by atomic mass is 9.92. The van der Waals surface area contributed by atoms with Crippen molar-refractivity contribution in [3.8, 4) is 0 Å². The summed E-state index contributed by atoms with van der Waals surface area (Å²) in [4.78, 5) is 11.1. The number of hydrogen-bond acceptors (Lipinski definition) is 4. The standard InChI is InChI=1S/C10H17NO4S/c12-10(13)9(5-11-8-1-2-8)7-3-4-16(14,15)6-7/h7-9,11H,1-6H2,(H,12,13).